The number of hydrogen-bond acceptors (Lipinski definition) is 9. The molecule has 52 heavy (non-hydrogen) atoms. The van der Waals surface area contributed by atoms with Crippen molar-refractivity contribution < 1.29 is 41.9 Å². The van der Waals surface area contributed by atoms with Crippen LogP contribution < -0.4 is 10.0 Å². The highest BCUT2D eigenvalue weighted by molar-refractivity contribution is 7.90. The van der Waals surface area contributed by atoms with Gasteiger partial charge in [-0.2, -0.15) is 0 Å². The number of cyclic esters (lactones) is 1. The zero-order valence-electron chi connectivity index (χ0n) is 30.9. The van der Waals surface area contributed by atoms with Crippen molar-refractivity contribution in [2.24, 2.45) is 16.7 Å². The second-order valence-corrected chi connectivity index (χ2v) is 18.9. The number of fused-ring (bicyclic) bond motifs is 3. The molecule has 1 aromatic carbocycles. The Balaban J connectivity index is 1.29. The Hall–Kier alpha value is -3.94. The van der Waals surface area contributed by atoms with E-state index in [0.29, 0.717) is 32.4 Å². The number of alkyl carbamates (subject to hydrolysis) is 1. The van der Waals surface area contributed by atoms with E-state index in [-0.39, 0.29) is 25.8 Å². The maximum Gasteiger partial charge on any atom is 0.410 e. The second-order valence-electron chi connectivity index (χ2n) is 17.0. The second kappa shape index (κ2) is 13.8. The molecule has 284 valence electrons. The largest absolute Gasteiger partial charge is 0.444 e. The Bertz CT molecular complexity index is 1760. The fourth-order valence-electron chi connectivity index (χ4n) is 7.94. The van der Waals surface area contributed by atoms with Crippen molar-refractivity contribution in [1.82, 2.24) is 19.8 Å². The summed E-state index contributed by atoms with van der Waals surface area (Å²) < 4.78 is 39.4. The molecule has 3 aliphatic heterocycles. The Morgan fingerprint density at radius 1 is 1.10 bits per heavy atom. The lowest BCUT2D eigenvalue weighted by Gasteiger charge is -2.36. The van der Waals surface area contributed by atoms with Gasteiger partial charge in [0.1, 0.15) is 17.7 Å². The van der Waals surface area contributed by atoms with Gasteiger partial charge in [0, 0.05) is 25.9 Å². The van der Waals surface area contributed by atoms with E-state index in [1.807, 2.05) is 26.0 Å². The molecule has 3 heterocycles. The first-order chi connectivity index (χ1) is 24.3. The highest BCUT2D eigenvalue weighted by Gasteiger charge is 2.61. The van der Waals surface area contributed by atoms with Crippen LogP contribution in [0.25, 0.3) is 0 Å². The molecule has 1 saturated heterocycles. The molecule has 5 aliphatic rings. The Morgan fingerprint density at radius 2 is 1.81 bits per heavy atom. The monoisotopic (exact) mass is 740 g/mol. The molecule has 14 heteroatoms. The highest BCUT2D eigenvalue weighted by Crippen LogP contribution is 2.57. The summed E-state index contributed by atoms with van der Waals surface area (Å²) in [6.45, 7) is 13.5. The first kappa shape index (κ1) is 37.8. The fraction of sp³-hybridized carbons (Fsp3) is 0.658. The normalized spacial score (nSPS) is 29.5. The van der Waals surface area contributed by atoms with E-state index in [1.54, 1.807) is 31.7 Å². The van der Waals surface area contributed by atoms with Gasteiger partial charge < -0.3 is 19.7 Å². The van der Waals surface area contributed by atoms with Gasteiger partial charge in [0.2, 0.25) is 21.8 Å². The number of hydrogen-bond donors (Lipinski definition) is 2. The summed E-state index contributed by atoms with van der Waals surface area (Å²) in [5, 5.41) is 2.14. The van der Waals surface area contributed by atoms with Crippen molar-refractivity contribution in [3.8, 4) is 0 Å². The van der Waals surface area contributed by atoms with Crippen molar-refractivity contribution in [2.75, 3.05) is 6.54 Å². The van der Waals surface area contributed by atoms with Gasteiger partial charge in [-0.05, 0) is 86.8 Å². The smallest absolute Gasteiger partial charge is 0.410 e. The number of nitrogens with zero attached hydrogens (tertiary/aromatic N) is 2. The van der Waals surface area contributed by atoms with Gasteiger partial charge in [-0.3, -0.25) is 24.0 Å². The first-order valence-electron chi connectivity index (χ1n) is 18.4. The van der Waals surface area contributed by atoms with Crippen LogP contribution in [-0.4, -0.2) is 83.6 Å². The summed E-state index contributed by atoms with van der Waals surface area (Å²) in [5.41, 5.74) is 0.318. The van der Waals surface area contributed by atoms with Gasteiger partial charge in [-0.15, -0.1) is 6.58 Å². The van der Waals surface area contributed by atoms with Gasteiger partial charge in [-0.25, -0.2) is 18.0 Å². The van der Waals surface area contributed by atoms with E-state index in [1.165, 1.54) is 4.90 Å². The van der Waals surface area contributed by atoms with E-state index in [4.69, 9.17) is 9.47 Å². The first-order valence-corrected chi connectivity index (χ1v) is 19.9. The molecule has 4 bridgehead atoms. The predicted molar refractivity (Wildman–Crippen MR) is 191 cm³/mol. The Kier molecular flexibility index (Phi) is 10.0. The molecule has 5 atom stereocenters. The number of benzene rings is 1. The number of rotatable bonds is 7. The van der Waals surface area contributed by atoms with E-state index in [0.717, 1.165) is 36.0 Å². The van der Waals surface area contributed by atoms with Crippen molar-refractivity contribution >= 4 is 39.8 Å². The molecule has 0 radical (unpaired) electrons. The lowest BCUT2D eigenvalue weighted by molar-refractivity contribution is -0.142. The molecule has 2 saturated carbocycles. The van der Waals surface area contributed by atoms with E-state index < -0.39 is 85.6 Å². The number of amides is 4. The number of nitrogens with one attached hydrogen (secondary N) is 2. The third kappa shape index (κ3) is 7.86. The van der Waals surface area contributed by atoms with Gasteiger partial charge in [-0.1, -0.05) is 45.0 Å². The molecule has 6 rings (SSSR count). The maximum absolute atomic E-state index is 14.5. The lowest BCUT2D eigenvalue weighted by atomic mass is 9.85. The lowest BCUT2D eigenvalue weighted by Crippen LogP contribution is -2.57. The minimum absolute atomic E-state index is 0.0203. The van der Waals surface area contributed by atoms with Crippen LogP contribution in [0, 0.1) is 16.7 Å². The molecule has 13 nitrogen and oxygen atoms in total. The molecule has 2 N–H and O–H groups in total. The molecule has 0 spiro atoms. The van der Waals surface area contributed by atoms with Crippen molar-refractivity contribution in [2.45, 2.75) is 135 Å². The van der Waals surface area contributed by atoms with E-state index in [2.05, 4.69) is 22.7 Å². The van der Waals surface area contributed by atoms with Crippen molar-refractivity contribution in [3.63, 3.8) is 0 Å². The molecule has 0 aromatic heterocycles. The number of carbonyl (C=O) groups is 5. The third-order valence-corrected chi connectivity index (χ3v) is 13.1. The van der Waals surface area contributed by atoms with Gasteiger partial charge >= 0.3 is 12.2 Å². The average Bonchev–Trinajstić information content (AvgIpc) is 3.94. The molecule has 4 amide bonds. The summed E-state index contributed by atoms with van der Waals surface area (Å²) in [7, 11) is -3.87. The van der Waals surface area contributed by atoms with Crippen LogP contribution in [0.4, 0.5) is 9.59 Å². The van der Waals surface area contributed by atoms with Gasteiger partial charge in [0.15, 0.2) is 5.78 Å². The fourth-order valence-corrected chi connectivity index (χ4v) is 9.33. The minimum Gasteiger partial charge on any atom is -0.444 e. The summed E-state index contributed by atoms with van der Waals surface area (Å²) in [4.78, 5) is 72.3. The topological polar surface area (TPSA) is 168 Å². The Morgan fingerprint density at radius 3 is 2.46 bits per heavy atom. The molecule has 3 fully saturated rings. The van der Waals surface area contributed by atoms with E-state index >= 15 is 0 Å². The Labute approximate surface area is 306 Å². The molecular formula is C38H52N4O9S. The quantitative estimate of drug-likeness (QED) is 0.382. The van der Waals surface area contributed by atoms with Crippen molar-refractivity contribution in [1.29, 1.82) is 0 Å². The van der Waals surface area contributed by atoms with Gasteiger partial charge in [0.25, 0.3) is 0 Å². The summed E-state index contributed by atoms with van der Waals surface area (Å²) in [6.07, 6.45) is 3.23. The van der Waals surface area contributed by atoms with Gasteiger partial charge in [0.05, 0.1) is 23.3 Å². The van der Waals surface area contributed by atoms with Crippen LogP contribution in [0.2, 0.25) is 0 Å². The summed E-state index contributed by atoms with van der Waals surface area (Å²) in [6, 6.07) is 3.84. The maximum atomic E-state index is 14.5. The highest BCUT2D eigenvalue weighted by atomic mass is 32.2. The predicted octanol–water partition coefficient (Wildman–Crippen LogP) is 4.51. The summed E-state index contributed by atoms with van der Waals surface area (Å²) in [5.74, 6) is -2.20. The number of allylic oxidation sites excluding steroid dienone is 1. The van der Waals surface area contributed by atoms with Crippen molar-refractivity contribution in [3.05, 3.63) is 47.5 Å². The number of sulfonamides is 1. The van der Waals surface area contributed by atoms with Crippen LogP contribution in [0.3, 0.4) is 0 Å². The minimum atomic E-state index is -3.87. The van der Waals surface area contributed by atoms with Crippen LogP contribution in [-0.2, 0) is 53.4 Å². The SMILES string of the molecule is C=C[C@@H]1C[C@]1(CC(=O)[C@@H]1C[C@@H]2CN1C(=O)[C@H](C(C)(C)C)NC(=O)OC(C)(C)CCCCc1cccc3c1CN(C3)C(=O)O2)C(=O)NS(=O)(=O)C1CC1. The van der Waals surface area contributed by atoms with E-state index in [9.17, 15) is 32.4 Å². The van der Waals surface area contributed by atoms with Crippen LogP contribution in [0.5, 0.6) is 0 Å². The number of Topliss-reactive ketones (excluding diaryl/α,β-unsaturated/α-hetero) is 1. The molecule has 1 aromatic rings. The molecule has 2 aliphatic carbocycles. The summed E-state index contributed by atoms with van der Waals surface area (Å²) >= 11 is 0. The van der Waals surface area contributed by atoms with Crippen LogP contribution in [0.1, 0.15) is 103 Å². The molecular weight excluding hydrogens is 689 g/mol. The van der Waals surface area contributed by atoms with Crippen LogP contribution in [0.15, 0.2) is 30.9 Å². The molecule has 0 unspecified atom stereocenters. The zero-order valence-corrected chi connectivity index (χ0v) is 31.7. The number of ether oxygens (including phenoxy) is 2. The zero-order chi connectivity index (χ0) is 37.8. The van der Waals surface area contributed by atoms with Crippen LogP contribution >= 0.6 is 0 Å². The average molecular weight is 741 g/mol. The number of ketones is 1. The number of carbonyl (C=O) groups excluding carboxylic acids is 5. The number of aryl methyl sites for hydroxylation is 1. The third-order valence-electron chi connectivity index (χ3n) is 11.3. The standard InChI is InChI=1S/C38H52N4O9S/c1-7-25-18-38(25,33(45)40-52(48,49)27-14-15-27)19-30(43)29-17-26-21-42(29)32(44)31(36(2,3)4)39-34(46)51-37(5,6)16-9-8-11-23-12-10-13-24-20-41(22-28(23)24)35(47)50-26/h7,10,12-13,25-27,29,31H,1,8-9,11,14-22H2,2-6H3,(H,39,46)(H,40,45)/t25-,26-,29+,31-,38-/m1/s1.